The summed E-state index contributed by atoms with van der Waals surface area (Å²) in [5.41, 5.74) is 2.51. The number of aryl methyl sites for hydroxylation is 2. The topological polar surface area (TPSA) is 64.4 Å². The number of nitrogens with one attached hydrogen (secondary N) is 1. The normalized spacial score (nSPS) is 15.4. The molecular formula is C18H22N2O3. The van der Waals surface area contributed by atoms with Gasteiger partial charge in [0.1, 0.15) is 11.3 Å². The zero-order valence-electron chi connectivity index (χ0n) is 13.8. The fourth-order valence-corrected chi connectivity index (χ4v) is 3.09. The van der Waals surface area contributed by atoms with E-state index in [1.807, 2.05) is 32.9 Å². The van der Waals surface area contributed by atoms with Gasteiger partial charge in [0, 0.05) is 12.8 Å². The molecule has 0 radical (unpaired) electrons. The highest BCUT2D eigenvalue weighted by Gasteiger charge is 2.45. The first kappa shape index (κ1) is 15.7. The van der Waals surface area contributed by atoms with Crippen molar-refractivity contribution in [2.45, 2.75) is 45.7 Å². The summed E-state index contributed by atoms with van der Waals surface area (Å²) in [7, 11) is 0. The van der Waals surface area contributed by atoms with Crippen molar-refractivity contribution in [1.82, 2.24) is 10.3 Å². The second-order valence-electron chi connectivity index (χ2n) is 6.03. The maximum Gasteiger partial charge on any atom is 0.327 e. The van der Waals surface area contributed by atoms with Crippen LogP contribution in [0.25, 0.3) is 0 Å². The van der Waals surface area contributed by atoms with Gasteiger partial charge in [-0.25, -0.2) is 4.98 Å². The fourth-order valence-electron chi connectivity index (χ4n) is 3.09. The molecule has 23 heavy (non-hydrogen) atoms. The average Bonchev–Trinajstić information content (AvgIpc) is 3.07. The molecule has 1 N–H and O–H groups in total. The Bertz CT molecular complexity index is 676. The molecule has 0 saturated heterocycles. The lowest BCUT2D eigenvalue weighted by molar-refractivity contribution is -0.151. The van der Waals surface area contributed by atoms with Crippen LogP contribution >= 0.6 is 0 Å². The molecular weight excluding hydrogens is 292 g/mol. The van der Waals surface area contributed by atoms with Gasteiger partial charge in [-0.2, -0.15) is 0 Å². The maximum absolute atomic E-state index is 12.6. The molecule has 2 aromatic rings. The van der Waals surface area contributed by atoms with Gasteiger partial charge < -0.3 is 9.15 Å². The minimum absolute atomic E-state index is 0.212. The number of oxazole rings is 1. The van der Waals surface area contributed by atoms with Crippen LogP contribution in [0.4, 0.5) is 0 Å². The molecule has 1 aromatic heterocycles. The summed E-state index contributed by atoms with van der Waals surface area (Å²) in [5, 5.41) is 3.35. The van der Waals surface area contributed by atoms with Gasteiger partial charge >= 0.3 is 5.97 Å². The summed E-state index contributed by atoms with van der Waals surface area (Å²) in [6.07, 6.45) is 1.25. The highest BCUT2D eigenvalue weighted by atomic mass is 16.5. The Labute approximate surface area is 136 Å². The number of esters is 1. The number of fused-ring (bicyclic) bond motifs is 1. The second kappa shape index (κ2) is 6.16. The second-order valence-corrected chi connectivity index (χ2v) is 6.03. The predicted molar refractivity (Wildman–Crippen MR) is 86.0 cm³/mol. The summed E-state index contributed by atoms with van der Waals surface area (Å²) in [6.45, 7) is 6.40. The molecule has 5 heteroatoms. The number of carbonyl (C=O) groups is 1. The third-order valence-electron chi connectivity index (χ3n) is 4.42. The molecule has 1 aromatic carbocycles. The minimum atomic E-state index is -0.740. The first-order chi connectivity index (χ1) is 11.0. The van der Waals surface area contributed by atoms with Crippen molar-refractivity contribution in [2.24, 2.45) is 0 Å². The van der Waals surface area contributed by atoms with E-state index < -0.39 is 5.54 Å². The third-order valence-corrected chi connectivity index (χ3v) is 4.42. The van der Waals surface area contributed by atoms with Crippen LogP contribution in [0.15, 0.2) is 28.7 Å². The number of hydrogen-bond acceptors (Lipinski definition) is 5. The molecule has 0 spiro atoms. The highest BCUT2D eigenvalue weighted by Crippen LogP contribution is 2.31. The molecule has 0 saturated carbocycles. The monoisotopic (exact) mass is 314 g/mol. The molecule has 3 rings (SSSR count). The van der Waals surface area contributed by atoms with Crippen LogP contribution in [-0.4, -0.2) is 23.1 Å². The Balaban J connectivity index is 1.81. The van der Waals surface area contributed by atoms with E-state index in [0.29, 0.717) is 31.9 Å². The Morgan fingerprint density at radius 1 is 1.30 bits per heavy atom. The molecule has 0 unspecified atom stereocenters. The number of nitrogens with zero attached hydrogens (tertiary/aromatic N) is 1. The first-order valence-corrected chi connectivity index (χ1v) is 7.96. The Morgan fingerprint density at radius 2 is 1.96 bits per heavy atom. The zero-order chi connectivity index (χ0) is 16.4. The van der Waals surface area contributed by atoms with Gasteiger partial charge in [-0.05, 0) is 31.9 Å². The van der Waals surface area contributed by atoms with Gasteiger partial charge in [-0.3, -0.25) is 10.1 Å². The van der Waals surface area contributed by atoms with Gasteiger partial charge in [0.25, 0.3) is 0 Å². The van der Waals surface area contributed by atoms with Crippen LogP contribution in [0.1, 0.15) is 35.4 Å². The molecule has 0 fully saturated rings. The van der Waals surface area contributed by atoms with Crippen molar-refractivity contribution in [3.8, 4) is 0 Å². The molecule has 0 amide bonds. The number of hydrogen-bond donors (Lipinski definition) is 1. The van der Waals surface area contributed by atoms with Crippen molar-refractivity contribution in [3.05, 3.63) is 52.7 Å². The molecule has 0 atom stereocenters. The summed E-state index contributed by atoms with van der Waals surface area (Å²) in [5.74, 6) is 1.19. The van der Waals surface area contributed by atoms with E-state index in [0.717, 1.165) is 11.5 Å². The smallest absolute Gasteiger partial charge is 0.327 e. The number of rotatable bonds is 5. The number of benzene rings is 1. The van der Waals surface area contributed by atoms with E-state index in [2.05, 4.69) is 22.4 Å². The number of aromatic nitrogens is 1. The minimum Gasteiger partial charge on any atom is -0.465 e. The van der Waals surface area contributed by atoms with Crippen LogP contribution in [-0.2, 0) is 28.9 Å². The maximum atomic E-state index is 12.6. The lowest BCUT2D eigenvalue weighted by atomic mass is 9.95. The van der Waals surface area contributed by atoms with Gasteiger partial charge in [0.2, 0.25) is 5.89 Å². The van der Waals surface area contributed by atoms with E-state index in [-0.39, 0.29) is 5.97 Å². The Kier molecular flexibility index (Phi) is 4.22. The van der Waals surface area contributed by atoms with Crippen molar-refractivity contribution in [3.63, 3.8) is 0 Å². The molecule has 122 valence electrons. The Morgan fingerprint density at radius 3 is 2.48 bits per heavy atom. The van der Waals surface area contributed by atoms with E-state index in [9.17, 15) is 4.79 Å². The lowest BCUT2D eigenvalue weighted by Gasteiger charge is -2.27. The van der Waals surface area contributed by atoms with Crippen molar-refractivity contribution >= 4 is 5.97 Å². The number of carbonyl (C=O) groups excluding carboxylic acids is 1. The summed E-state index contributed by atoms with van der Waals surface area (Å²) in [6, 6.07) is 8.14. The third kappa shape index (κ3) is 3.01. The summed E-state index contributed by atoms with van der Waals surface area (Å²) < 4.78 is 10.9. The van der Waals surface area contributed by atoms with Gasteiger partial charge in [-0.15, -0.1) is 0 Å². The zero-order valence-corrected chi connectivity index (χ0v) is 13.8. The van der Waals surface area contributed by atoms with Crippen molar-refractivity contribution < 1.29 is 13.9 Å². The van der Waals surface area contributed by atoms with E-state index in [1.54, 1.807) is 0 Å². The van der Waals surface area contributed by atoms with E-state index in [4.69, 9.17) is 9.15 Å². The lowest BCUT2D eigenvalue weighted by Crippen LogP contribution is -2.53. The van der Waals surface area contributed by atoms with Crippen LogP contribution in [0.2, 0.25) is 0 Å². The highest BCUT2D eigenvalue weighted by molar-refractivity contribution is 5.83. The van der Waals surface area contributed by atoms with Crippen LogP contribution < -0.4 is 5.32 Å². The fraction of sp³-hybridized carbons (Fsp3) is 0.444. The van der Waals surface area contributed by atoms with Crippen molar-refractivity contribution in [2.75, 3.05) is 6.61 Å². The van der Waals surface area contributed by atoms with E-state index >= 15 is 0 Å². The van der Waals surface area contributed by atoms with Gasteiger partial charge in [-0.1, -0.05) is 24.3 Å². The first-order valence-electron chi connectivity index (χ1n) is 7.96. The average molecular weight is 314 g/mol. The number of ether oxygens (including phenoxy) is 1. The van der Waals surface area contributed by atoms with Crippen LogP contribution in [0.5, 0.6) is 0 Å². The molecule has 1 aliphatic carbocycles. The molecule has 1 heterocycles. The van der Waals surface area contributed by atoms with E-state index in [1.165, 1.54) is 11.1 Å². The van der Waals surface area contributed by atoms with Crippen molar-refractivity contribution in [1.29, 1.82) is 0 Å². The van der Waals surface area contributed by atoms with Crippen LogP contribution in [0.3, 0.4) is 0 Å². The van der Waals surface area contributed by atoms with Crippen LogP contribution in [0, 0.1) is 13.8 Å². The SMILES string of the molecule is CCOC(=O)C1(NCc2nc(C)c(C)o2)Cc2ccccc2C1. The standard InChI is InChI=1S/C18H22N2O3/c1-4-22-17(21)18(9-14-7-5-6-8-15(14)10-18)19-11-16-20-12(2)13(3)23-16/h5-8,19H,4,9-11H2,1-3H3. The summed E-state index contributed by atoms with van der Waals surface area (Å²) in [4.78, 5) is 17.0. The Hall–Kier alpha value is -2.14. The van der Waals surface area contributed by atoms with Gasteiger partial charge in [0.15, 0.2) is 0 Å². The quantitative estimate of drug-likeness (QED) is 0.859. The molecule has 5 nitrogen and oxygen atoms in total. The predicted octanol–water partition coefficient (Wildman–Crippen LogP) is 2.48. The largest absolute Gasteiger partial charge is 0.465 e. The summed E-state index contributed by atoms with van der Waals surface area (Å²) >= 11 is 0. The molecule has 1 aliphatic rings. The van der Waals surface area contributed by atoms with Gasteiger partial charge in [0.05, 0.1) is 18.8 Å². The molecule has 0 bridgehead atoms. The molecule has 0 aliphatic heterocycles.